The van der Waals surface area contributed by atoms with E-state index in [1.54, 1.807) is 7.11 Å². The lowest BCUT2D eigenvalue weighted by Gasteiger charge is -2.32. The molecule has 1 N–H and O–H groups in total. The van der Waals surface area contributed by atoms with Crippen molar-refractivity contribution in [1.82, 2.24) is 5.48 Å². The van der Waals surface area contributed by atoms with Gasteiger partial charge in [0, 0.05) is 11.1 Å². The molecule has 0 unspecified atom stereocenters. The average molecular weight is 195 g/mol. The summed E-state index contributed by atoms with van der Waals surface area (Å²) in [6, 6.07) is 0. The zero-order valence-electron chi connectivity index (χ0n) is 9.90. The molecule has 0 radical (unpaired) electrons. The molecule has 0 aromatic rings. The van der Waals surface area contributed by atoms with Crippen LogP contribution in [-0.4, -0.2) is 7.11 Å². The highest BCUT2D eigenvalue weighted by Crippen LogP contribution is 2.39. The minimum absolute atomic E-state index is 0.165. The van der Waals surface area contributed by atoms with Gasteiger partial charge in [0.25, 0.3) is 0 Å². The summed E-state index contributed by atoms with van der Waals surface area (Å²) in [7, 11) is 1.65. The van der Waals surface area contributed by atoms with E-state index in [2.05, 4.69) is 39.3 Å². The zero-order chi connectivity index (χ0) is 10.8. The highest BCUT2D eigenvalue weighted by molar-refractivity contribution is 5.29. The Hall–Kier alpha value is -0.760. The maximum absolute atomic E-state index is 4.95. The molecule has 0 fully saturated rings. The predicted octanol–water partition coefficient (Wildman–Crippen LogP) is 3.18. The van der Waals surface area contributed by atoms with Crippen molar-refractivity contribution in [3.63, 3.8) is 0 Å². The maximum atomic E-state index is 4.95. The number of rotatable bonds is 2. The second-order valence-corrected chi connectivity index (χ2v) is 4.62. The quantitative estimate of drug-likeness (QED) is 0.540. The second-order valence-electron chi connectivity index (χ2n) is 4.62. The van der Waals surface area contributed by atoms with Gasteiger partial charge in [-0.2, -0.15) is 0 Å². The smallest absolute Gasteiger partial charge is 0.0636 e. The van der Waals surface area contributed by atoms with Crippen LogP contribution in [0.2, 0.25) is 0 Å². The van der Waals surface area contributed by atoms with E-state index in [4.69, 9.17) is 4.84 Å². The zero-order valence-corrected chi connectivity index (χ0v) is 9.90. The lowest BCUT2D eigenvalue weighted by molar-refractivity contribution is 0.115. The fourth-order valence-corrected chi connectivity index (χ4v) is 2.31. The van der Waals surface area contributed by atoms with Crippen LogP contribution in [0.25, 0.3) is 0 Å². The summed E-state index contributed by atoms with van der Waals surface area (Å²) in [4.78, 5) is 4.95. The molecule has 1 aliphatic carbocycles. The number of allylic oxidation sites excluding steroid dienone is 4. The molecule has 1 rings (SSSR count). The molecule has 0 aromatic carbocycles. The summed E-state index contributed by atoms with van der Waals surface area (Å²) in [5.74, 6) is 0. The molecule has 0 spiro atoms. The van der Waals surface area contributed by atoms with Gasteiger partial charge in [-0.15, -0.1) is 0 Å². The molecular formula is C12H21NO. The molecule has 80 valence electrons. The lowest BCUT2D eigenvalue weighted by Crippen LogP contribution is -2.22. The molecule has 1 aliphatic rings. The Morgan fingerprint density at radius 2 is 2.07 bits per heavy atom. The molecule has 0 amide bonds. The van der Waals surface area contributed by atoms with Crippen molar-refractivity contribution in [2.45, 2.75) is 40.5 Å². The molecule has 2 heteroatoms. The summed E-state index contributed by atoms with van der Waals surface area (Å²) >= 11 is 0. The van der Waals surface area contributed by atoms with Crippen molar-refractivity contribution in [3.05, 3.63) is 22.9 Å². The van der Waals surface area contributed by atoms with E-state index >= 15 is 0 Å². The van der Waals surface area contributed by atoms with Gasteiger partial charge in [0.2, 0.25) is 0 Å². The third-order valence-corrected chi connectivity index (χ3v) is 2.86. The fraction of sp³-hybridized carbons (Fsp3) is 0.667. The standard InChI is InChI=1S/C12H21NO/c1-9-6-7-11(10(2)13-14-5)12(3,4)8-9/h8,13H,6-7H2,1-5H3. The van der Waals surface area contributed by atoms with Crippen LogP contribution in [0.3, 0.4) is 0 Å². The maximum Gasteiger partial charge on any atom is 0.0636 e. The minimum atomic E-state index is 0.165. The van der Waals surface area contributed by atoms with E-state index in [9.17, 15) is 0 Å². The summed E-state index contributed by atoms with van der Waals surface area (Å²) in [6.07, 6.45) is 4.66. The highest BCUT2D eigenvalue weighted by atomic mass is 16.6. The van der Waals surface area contributed by atoms with Crippen LogP contribution >= 0.6 is 0 Å². The van der Waals surface area contributed by atoms with E-state index in [0.29, 0.717) is 0 Å². The van der Waals surface area contributed by atoms with Crippen LogP contribution in [0.1, 0.15) is 40.5 Å². The van der Waals surface area contributed by atoms with Gasteiger partial charge in [-0.25, -0.2) is 0 Å². The molecule has 0 aromatic heterocycles. The fourth-order valence-electron chi connectivity index (χ4n) is 2.31. The van der Waals surface area contributed by atoms with Crippen LogP contribution < -0.4 is 5.48 Å². The number of nitrogens with one attached hydrogen (secondary N) is 1. The van der Waals surface area contributed by atoms with Gasteiger partial charge in [0.15, 0.2) is 0 Å². The van der Waals surface area contributed by atoms with Crippen LogP contribution in [0.5, 0.6) is 0 Å². The second kappa shape index (κ2) is 4.18. The van der Waals surface area contributed by atoms with E-state index in [1.165, 1.54) is 17.6 Å². The monoisotopic (exact) mass is 195 g/mol. The molecule has 0 saturated carbocycles. The largest absolute Gasteiger partial charge is 0.280 e. The van der Waals surface area contributed by atoms with Crippen molar-refractivity contribution in [2.24, 2.45) is 5.41 Å². The van der Waals surface area contributed by atoms with E-state index in [1.807, 2.05) is 0 Å². The van der Waals surface area contributed by atoms with Gasteiger partial charge in [-0.3, -0.25) is 10.3 Å². The van der Waals surface area contributed by atoms with Crippen molar-refractivity contribution in [2.75, 3.05) is 7.11 Å². The Morgan fingerprint density at radius 3 is 2.57 bits per heavy atom. The molecule has 0 bridgehead atoms. The summed E-state index contributed by atoms with van der Waals surface area (Å²) < 4.78 is 0. The van der Waals surface area contributed by atoms with E-state index < -0.39 is 0 Å². The highest BCUT2D eigenvalue weighted by Gasteiger charge is 2.26. The van der Waals surface area contributed by atoms with Crippen LogP contribution in [0.15, 0.2) is 22.9 Å². The number of hydrogen-bond acceptors (Lipinski definition) is 2. The molecular weight excluding hydrogens is 174 g/mol. The molecule has 0 heterocycles. The van der Waals surface area contributed by atoms with E-state index in [-0.39, 0.29) is 5.41 Å². The van der Waals surface area contributed by atoms with Crippen molar-refractivity contribution in [3.8, 4) is 0 Å². The van der Waals surface area contributed by atoms with Crippen LogP contribution in [-0.2, 0) is 4.84 Å². The average Bonchev–Trinajstić information content (AvgIpc) is 2.01. The van der Waals surface area contributed by atoms with Gasteiger partial charge in [0.05, 0.1) is 7.11 Å². The normalized spacial score (nSPS) is 24.2. The van der Waals surface area contributed by atoms with Crippen molar-refractivity contribution in [1.29, 1.82) is 0 Å². The topological polar surface area (TPSA) is 21.3 Å². The minimum Gasteiger partial charge on any atom is -0.280 e. The number of hydrogen-bond donors (Lipinski definition) is 1. The third kappa shape index (κ3) is 2.38. The Balaban J connectivity index is 2.97. The molecule has 14 heavy (non-hydrogen) atoms. The summed E-state index contributed by atoms with van der Waals surface area (Å²) in [6.45, 7) is 8.80. The van der Waals surface area contributed by atoms with Crippen LogP contribution in [0.4, 0.5) is 0 Å². The predicted molar refractivity (Wildman–Crippen MR) is 59.6 cm³/mol. The van der Waals surface area contributed by atoms with Crippen molar-refractivity contribution < 1.29 is 4.84 Å². The molecule has 0 saturated heterocycles. The summed E-state index contributed by atoms with van der Waals surface area (Å²) in [5.41, 5.74) is 7.19. The van der Waals surface area contributed by atoms with Gasteiger partial charge < -0.3 is 0 Å². The lowest BCUT2D eigenvalue weighted by atomic mass is 9.75. The molecule has 2 nitrogen and oxygen atoms in total. The van der Waals surface area contributed by atoms with Crippen molar-refractivity contribution >= 4 is 0 Å². The third-order valence-electron chi connectivity index (χ3n) is 2.86. The first-order chi connectivity index (χ1) is 6.47. The Kier molecular flexibility index (Phi) is 3.38. The van der Waals surface area contributed by atoms with Gasteiger partial charge in [0.1, 0.15) is 0 Å². The SMILES string of the molecule is CONC(C)=C1CCC(C)=CC1(C)C. The Bertz CT molecular complexity index is 274. The first-order valence-corrected chi connectivity index (χ1v) is 5.15. The van der Waals surface area contributed by atoms with Crippen LogP contribution in [0, 0.1) is 5.41 Å². The Labute approximate surface area is 87.0 Å². The van der Waals surface area contributed by atoms with Gasteiger partial charge in [-0.05, 0) is 32.3 Å². The Morgan fingerprint density at radius 1 is 1.43 bits per heavy atom. The molecule has 0 aliphatic heterocycles. The number of hydroxylamine groups is 1. The summed E-state index contributed by atoms with van der Waals surface area (Å²) in [5, 5.41) is 0. The van der Waals surface area contributed by atoms with E-state index in [0.717, 1.165) is 12.1 Å². The van der Waals surface area contributed by atoms with Gasteiger partial charge >= 0.3 is 0 Å². The first-order valence-electron chi connectivity index (χ1n) is 5.15. The first kappa shape index (κ1) is 11.3. The van der Waals surface area contributed by atoms with Gasteiger partial charge in [-0.1, -0.05) is 25.5 Å². The molecule has 0 atom stereocenters.